The molecule has 2 heterocycles. The summed E-state index contributed by atoms with van der Waals surface area (Å²) in [5.74, 6) is -0.164. The minimum Gasteiger partial charge on any atom is -0.272 e. The lowest BCUT2D eigenvalue weighted by Crippen LogP contribution is -2.41. The van der Waals surface area contributed by atoms with E-state index in [9.17, 15) is 9.59 Å². The van der Waals surface area contributed by atoms with E-state index in [0.717, 1.165) is 6.42 Å². The summed E-state index contributed by atoms with van der Waals surface area (Å²) in [6.07, 6.45) is 3.71. The van der Waals surface area contributed by atoms with E-state index >= 15 is 0 Å². The van der Waals surface area contributed by atoms with Gasteiger partial charge in [-0.25, -0.2) is 4.68 Å². The monoisotopic (exact) mass is 388 g/mol. The number of rotatable bonds is 1. The van der Waals surface area contributed by atoms with E-state index in [2.05, 4.69) is 42.1 Å². The summed E-state index contributed by atoms with van der Waals surface area (Å²) in [5, 5.41) is 8.52. The highest BCUT2D eigenvalue weighted by Crippen LogP contribution is 2.59. The summed E-state index contributed by atoms with van der Waals surface area (Å²) in [6, 6.07) is 0. The molecule has 3 aliphatic rings. The number of halogens is 2. The topological polar surface area (TPSA) is 68.1 Å². The van der Waals surface area contributed by atoms with Gasteiger partial charge in [-0.1, -0.05) is 31.9 Å². The zero-order chi connectivity index (χ0) is 13.3. The van der Waals surface area contributed by atoms with Gasteiger partial charge in [-0.05, 0) is 18.3 Å². The molecule has 6 nitrogen and oxygen atoms in total. The maximum absolute atomic E-state index is 12.5. The van der Waals surface area contributed by atoms with Crippen molar-refractivity contribution in [3.63, 3.8) is 0 Å². The number of hydrogen-bond donors (Lipinski definition) is 0. The Morgan fingerprint density at radius 2 is 1.47 bits per heavy atom. The molecule has 1 saturated heterocycles. The Bertz CT molecular complexity index is 531. The fraction of sp³-hybridized carbons (Fsp3) is 0.636. The molecule has 3 fully saturated rings. The van der Waals surface area contributed by atoms with Crippen molar-refractivity contribution in [2.24, 2.45) is 23.7 Å². The Balaban J connectivity index is 1.76. The number of nitrogens with zero attached hydrogens (tertiary/aromatic N) is 4. The average Bonchev–Trinajstić information content (AvgIpc) is 3.10. The number of carbonyl (C=O) groups excluding carboxylic acids is 2. The first kappa shape index (κ1) is 12.0. The van der Waals surface area contributed by atoms with E-state index < -0.39 is 0 Å². The van der Waals surface area contributed by atoms with Crippen LogP contribution >= 0.6 is 31.9 Å². The highest BCUT2D eigenvalue weighted by molar-refractivity contribution is 9.12. The van der Waals surface area contributed by atoms with Crippen molar-refractivity contribution in [1.82, 2.24) is 14.9 Å². The summed E-state index contributed by atoms with van der Waals surface area (Å²) >= 11 is 7.31. The molecule has 4 rings (SSSR count). The van der Waals surface area contributed by atoms with E-state index in [0.29, 0.717) is 0 Å². The highest BCUT2D eigenvalue weighted by Gasteiger charge is 2.66. The molecule has 2 saturated carbocycles. The molecule has 6 atom stereocenters. The first-order chi connectivity index (χ1) is 9.11. The van der Waals surface area contributed by atoms with E-state index in [-0.39, 0.29) is 45.1 Å². The van der Waals surface area contributed by atoms with E-state index in [1.807, 2.05) is 0 Å². The number of aromatic nitrogens is 3. The van der Waals surface area contributed by atoms with Gasteiger partial charge in [0.2, 0.25) is 0 Å². The zero-order valence-electron chi connectivity index (χ0n) is 9.69. The van der Waals surface area contributed by atoms with E-state index in [1.54, 1.807) is 0 Å². The van der Waals surface area contributed by atoms with Gasteiger partial charge in [0.25, 0.3) is 11.8 Å². The van der Waals surface area contributed by atoms with Crippen LogP contribution in [0, 0.1) is 23.7 Å². The largest absolute Gasteiger partial charge is 0.272 e. The van der Waals surface area contributed by atoms with Crippen molar-refractivity contribution in [1.29, 1.82) is 0 Å². The lowest BCUT2D eigenvalue weighted by molar-refractivity contribution is -0.125. The molecule has 0 spiro atoms. The van der Waals surface area contributed by atoms with Crippen LogP contribution in [-0.2, 0) is 9.59 Å². The molecule has 1 aromatic heterocycles. The van der Waals surface area contributed by atoms with Crippen molar-refractivity contribution >= 4 is 43.7 Å². The molecule has 100 valence electrons. The smallest absolute Gasteiger partial charge is 0.252 e. The van der Waals surface area contributed by atoms with Crippen molar-refractivity contribution in [2.75, 3.05) is 5.01 Å². The normalized spacial score (nSPS) is 44.2. The second-order valence-corrected chi connectivity index (χ2v) is 7.45. The quantitative estimate of drug-likeness (QED) is 0.523. The molecule has 2 bridgehead atoms. The van der Waals surface area contributed by atoms with Crippen LogP contribution in [-0.4, -0.2) is 36.3 Å². The zero-order valence-corrected chi connectivity index (χ0v) is 12.9. The van der Waals surface area contributed by atoms with Gasteiger partial charge >= 0.3 is 0 Å². The molecule has 2 amide bonds. The second kappa shape index (κ2) is 3.88. The van der Waals surface area contributed by atoms with Crippen LogP contribution < -0.4 is 5.01 Å². The molecule has 0 unspecified atom stereocenters. The van der Waals surface area contributed by atoms with Crippen LogP contribution in [0.4, 0.5) is 0 Å². The summed E-state index contributed by atoms with van der Waals surface area (Å²) in [5.41, 5.74) is 0. The Morgan fingerprint density at radius 1 is 1.00 bits per heavy atom. The number of fused-ring (bicyclic) bond motifs is 5. The predicted octanol–water partition coefficient (Wildman–Crippen LogP) is 0.692. The maximum atomic E-state index is 12.5. The molecular weight excluding hydrogens is 380 g/mol. The van der Waals surface area contributed by atoms with Crippen molar-refractivity contribution in [3.05, 3.63) is 12.7 Å². The van der Waals surface area contributed by atoms with Crippen LogP contribution in [0.1, 0.15) is 6.42 Å². The minimum atomic E-state index is -0.196. The third-order valence-corrected chi connectivity index (χ3v) is 7.81. The Morgan fingerprint density at radius 3 is 1.95 bits per heavy atom. The van der Waals surface area contributed by atoms with Gasteiger partial charge in [0.1, 0.15) is 12.7 Å². The molecular formula is C11H10Br2N4O2. The Hall–Kier alpha value is -0.760. The summed E-state index contributed by atoms with van der Waals surface area (Å²) in [6.45, 7) is 0. The Labute approximate surface area is 125 Å². The molecule has 1 aromatic rings. The fourth-order valence-corrected chi connectivity index (χ4v) is 5.73. The van der Waals surface area contributed by atoms with Crippen LogP contribution in [0.2, 0.25) is 0 Å². The molecule has 19 heavy (non-hydrogen) atoms. The van der Waals surface area contributed by atoms with Gasteiger partial charge in [0, 0.05) is 9.65 Å². The maximum Gasteiger partial charge on any atom is 0.252 e. The first-order valence-electron chi connectivity index (χ1n) is 6.12. The summed E-state index contributed by atoms with van der Waals surface area (Å²) < 4.78 is 1.38. The summed E-state index contributed by atoms with van der Waals surface area (Å²) in [4.78, 5) is 25.6. The van der Waals surface area contributed by atoms with Gasteiger partial charge in [-0.2, -0.15) is 5.01 Å². The Kier molecular flexibility index (Phi) is 2.45. The number of hydrogen-bond acceptors (Lipinski definition) is 4. The molecule has 0 radical (unpaired) electrons. The fourth-order valence-electron chi connectivity index (χ4n) is 3.86. The molecule has 0 N–H and O–H groups in total. The number of carbonyl (C=O) groups is 2. The third-order valence-electron chi connectivity index (χ3n) is 4.60. The SMILES string of the molecule is O=C1[C@H]2[C@@H]3C[C@@H]([C@H](Br)[C@@H]3Br)[C@@H]2C(=O)N1n1cnnc1. The van der Waals surface area contributed by atoms with E-state index in [4.69, 9.17) is 0 Å². The summed E-state index contributed by atoms with van der Waals surface area (Å²) in [7, 11) is 0. The minimum absolute atomic E-state index is 0.119. The van der Waals surface area contributed by atoms with Crippen molar-refractivity contribution < 1.29 is 9.59 Å². The van der Waals surface area contributed by atoms with Crippen LogP contribution in [0.3, 0.4) is 0 Å². The van der Waals surface area contributed by atoms with Gasteiger partial charge < -0.3 is 0 Å². The predicted molar refractivity (Wildman–Crippen MR) is 72.3 cm³/mol. The number of alkyl halides is 2. The molecule has 2 aliphatic carbocycles. The van der Waals surface area contributed by atoms with Gasteiger partial charge in [0.05, 0.1) is 11.8 Å². The molecule has 1 aliphatic heterocycles. The standard InChI is InChI=1S/C11H10Br2N4O2/c12-8-4-1-5(9(8)13)7-6(4)10(18)17(11(7)19)16-2-14-15-3-16/h2-9H,1H2/t4-,5+,6-,7-,8+,9-/m0/s1. The van der Waals surface area contributed by atoms with Gasteiger partial charge in [0.15, 0.2) is 0 Å². The third kappa shape index (κ3) is 1.36. The molecule has 8 heteroatoms. The van der Waals surface area contributed by atoms with Gasteiger partial charge in [-0.3, -0.25) is 9.59 Å². The first-order valence-corrected chi connectivity index (χ1v) is 7.95. The lowest BCUT2D eigenvalue weighted by atomic mass is 9.81. The lowest BCUT2D eigenvalue weighted by Gasteiger charge is -2.28. The van der Waals surface area contributed by atoms with Crippen molar-refractivity contribution in [2.45, 2.75) is 16.1 Å². The highest BCUT2D eigenvalue weighted by atomic mass is 79.9. The van der Waals surface area contributed by atoms with Crippen molar-refractivity contribution in [3.8, 4) is 0 Å². The molecule has 0 aromatic carbocycles. The van der Waals surface area contributed by atoms with E-state index in [1.165, 1.54) is 22.3 Å². The van der Waals surface area contributed by atoms with Crippen LogP contribution in [0.5, 0.6) is 0 Å². The van der Waals surface area contributed by atoms with Crippen LogP contribution in [0.15, 0.2) is 12.7 Å². The second-order valence-electron chi connectivity index (χ2n) is 5.33. The number of amides is 2. The number of imide groups is 1. The van der Waals surface area contributed by atoms with Gasteiger partial charge in [-0.15, -0.1) is 10.2 Å². The van der Waals surface area contributed by atoms with Crippen LogP contribution in [0.25, 0.3) is 0 Å². The average molecular weight is 390 g/mol.